The van der Waals surface area contributed by atoms with Crippen LogP contribution in [-0.2, 0) is 17.8 Å². The number of halogens is 2. The van der Waals surface area contributed by atoms with E-state index >= 15 is 0 Å². The number of aliphatic imine (C=N–C) groups is 1. The van der Waals surface area contributed by atoms with Gasteiger partial charge in [0.25, 0.3) is 0 Å². The molecule has 0 bridgehead atoms. The Morgan fingerprint density at radius 2 is 2.13 bits per heavy atom. The summed E-state index contributed by atoms with van der Waals surface area (Å²) in [6.45, 7) is 6.88. The van der Waals surface area contributed by atoms with Gasteiger partial charge in [-0.1, -0.05) is 12.1 Å². The summed E-state index contributed by atoms with van der Waals surface area (Å²) in [5, 5.41) is 8.45. The van der Waals surface area contributed by atoms with Crippen LogP contribution in [0.25, 0.3) is 0 Å². The first-order valence-electron chi connectivity index (χ1n) is 10.3. The number of fused-ring (bicyclic) bond motifs is 1. The fourth-order valence-corrected chi connectivity index (χ4v) is 4.15. The number of rotatable bonds is 8. The van der Waals surface area contributed by atoms with E-state index < -0.39 is 0 Å². The van der Waals surface area contributed by atoms with Gasteiger partial charge in [-0.25, -0.2) is 9.38 Å². The second-order valence-corrected chi connectivity index (χ2v) is 8.19. The molecule has 170 valence electrons. The normalized spacial score (nSPS) is 14.3. The molecule has 0 aliphatic carbocycles. The number of carbonyl (C=O) groups is 1. The minimum atomic E-state index is -0.385. The summed E-state index contributed by atoms with van der Waals surface area (Å²) in [7, 11) is 0. The lowest BCUT2D eigenvalue weighted by molar-refractivity contribution is -0.131. The zero-order valence-corrected chi connectivity index (χ0v) is 21.0. The Labute approximate surface area is 204 Å². The van der Waals surface area contributed by atoms with E-state index in [1.54, 1.807) is 29.5 Å². The van der Waals surface area contributed by atoms with Gasteiger partial charge in [-0.2, -0.15) is 0 Å². The summed E-state index contributed by atoms with van der Waals surface area (Å²) in [6.07, 6.45) is 1.06. The molecule has 0 spiro atoms. The van der Waals surface area contributed by atoms with Crippen LogP contribution in [0.2, 0.25) is 0 Å². The van der Waals surface area contributed by atoms with Gasteiger partial charge in [0.05, 0.1) is 6.54 Å². The van der Waals surface area contributed by atoms with E-state index in [1.807, 2.05) is 18.7 Å². The highest BCUT2D eigenvalue weighted by molar-refractivity contribution is 14.0. The molecule has 3 rings (SSSR count). The van der Waals surface area contributed by atoms with Crippen molar-refractivity contribution in [2.24, 2.45) is 4.99 Å². The molecule has 2 aromatic rings. The fraction of sp³-hybridized carbons (Fsp3) is 0.455. The SMILES string of the molecule is CCNC(=NCC(C)Oc1ccccc1F)NCCC(=O)N1CCc2sccc2C1.I. The van der Waals surface area contributed by atoms with Crippen molar-refractivity contribution < 1.29 is 13.9 Å². The summed E-state index contributed by atoms with van der Waals surface area (Å²) in [6, 6.07) is 8.44. The minimum absolute atomic E-state index is 0. The molecule has 1 aromatic carbocycles. The molecular weight excluding hydrogens is 530 g/mol. The minimum Gasteiger partial charge on any atom is -0.486 e. The Hall–Kier alpha value is -1.88. The van der Waals surface area contributed by atoms with Gasteiger partial charge in [0, 0.05) is 37.5 Å². The van der Waals surface area contributed by atoms with Crippen LogP contribution in [0.15, 0.2) is 40.7 Å². The highest BCUT2D eigenvalue weighted by Gasteiger charge is 2.21. The Bertz CT molecular complexity index is 877. The Morgan fingerprint density at radius 1 is 1.32 bits per heavy atom. The molecule has 1 aromatic heterocycles. The van der Waals surface area contributed by atoms with Crippen LogP contribution < -0.4 is 15.4 Å². The van der Waals surface area contributed by atoms with Gasteiger partial charge in [0.2, 0.25) is 5.91 Å². The van der Waals surface area contributed by atoms with E-state index in [2.05, 4.69) is 27.1 Å². The molecule has 1 aliphatic heterocycles. The monoisotopic (exact) mass is 560 g/mol. The van der Waals surface area contributed by atoms with E-state index in [0.29, 0.717) is 38.6 Å². The standard InChI is InChI=1S/C22H29FN4O2S.HI/c1-3-24-22(26-14-16(2)29-19-7-5-4-6-18(19)23)25-11-8-21(28)27-12-9-20-17(15-27)10-13-30-20;/h4-7,10,13,16H,3,8-9,11-12,14-15H2,1-2H3,(H2,24,25,26);1H. The van der Waals surface area contributed by atoms with Crippen LogP contribution in [0.1, 0.15) is 30.7 Å². The molecule has 1 amide bonds. The van der Waals surface area contributed by atoms with Gasteiger partial charge in [0.15, 0.2) is 17.5 Å². The average Bonchev–Trinajstić information content (AvgIpc) is 3.21. The number of thiophene rings is 1. The van der Waals surface area contributed by atoms with Crippen LogP contribution in [-0.4, -0.2) is 49.0 Å². The molecule has 0 saturated heterocycles. The van der Waals surface area contributed by atoms with Gasteiger partial charge in [-0.05, 0) is 49.4 Å². The zero-order chi connectivity index (χ0) is 21.3. The number of guanidine groups is 1. The Balaban J connectivity index is 0.00000341. The summed E-state index contributed by atoms with van der Waals surface area (Å²) < 4.78 is 19.3. The maximum atomic E-state index is 13.7. The zero-order valence-electron chi connectivity index (χ0n) is 17.9. The van der Waals surface area contributed by atoms with Crippen molar-refractivity contribution in [2.45, 2.75) is 39.3 Å². The van der Waals surface area contributed by atoms with Gasteiger partial charge < -0.3 is 20.3 Å². The van der Waals surface area contributed by atoms with E-state index in [1.165, 1.54) is 16.5 Å². The lowest BCUT2D eigenvalue weighted by Crippen LogP contribution is -2.41. The van der Waals surface area contributed by atoms with Crippen molar-refractivity contribution in [2.75, 3.05) is 26.2 Å². The van der Waals surface area contributed by atoms with Crippen LogP contribution in [0.5, 0.6) is 5.75 Å². The molecule has 2 N–H and O–H groups in total. The van der Waals surface area contributed by atoms with E-state index in [-0.39, 0.29) is 47.6 Å². The molecule has 0 saturated carbocycles. The molecule has 9 heteroatoms. The summed E-state index contributed by atoms with van der Waals surface area (Å²) >= 11 is 1.77. The number of nitrogens with one attached hydrogen (secondary N) is 2. The maximum absolute atomic E-state index is 13.7. The first-order valence-corrected chi connectivity index (χ1v) is 11.2. The van der Waals surface area contributed by atoms with Crippen molar-refractivity contribution in [3.8, 4) is 5.75 Å². The van der Waals surface area contributed by atoms with Crippen molar-refractivity contribution in [1.82, 2.24) is 15.5 Å². The predicted molar refractivity (Wildman–Crippen MR) is 134 cm³/mol. The number of benzene rings is 1. The van der Waals surface area contributed by atoms with E-state index in [9.17, 15) is 9.18 Å². The lowest BCUT2D eigenvalue weighted by Gasteiger charge is -2.27. The fourth-order valence-electron chi connectivity index (χ4n) is 3.26. The molecule has 1 atom stereocenters. The lowest BCUT2D eigenvalue weighted by atomic mass is 10.1. The summed E-state index contributed by atoms with van der Waals surface area (Å²) in [5.74, 6) is 0.600. The van der Waals surface area contributed by atoms with Crippen LogP contribution in [0, 0.1) is 5.82 Å². The largest absolute Gasteiger partial charge is 0.486 e. The van der Waals surface area contributed by atoms with Crippen molar-refractivity contribution in [3.63, 3.8) is 0 Å². The average molecular weight is 560 g/mol. The summed E-state index contributed by atoms with van der Waals surface area (Å²) in [4.78, 5) is 20.4. The van der Waals surface area contributed by atoms with Crippen molar-refractivity contribution in [1.29, 1.82) is 0 Å². The van der Waals surface area contributed by atoms with Gasteiger partial charge in [0.1, 0.15) is 6.10 Å². The van der Waals surface area contributed by atoms with E-state index in [0.717, 1.165) is 13.0 Å². The quantitative estimate of drug-likeness (QED) is 0.293. The third-order valence-corrected chi connectivity index (χ3v) is 5.83. The van der Waals surface area contributed by atoms with Gasteiger partial charge in [-0.3, -0.25) is 4.79 Å². The van der Waals surface area contributed by atoms with Crippen molar-refractivity contribution in [3.05, 3.63) is 52.0 Å². The Morgan fingerprint density at radius 3 is 2.90 bits per heavy atom. The molecule has 31 heavy (non-hydrogen) atoms. The number of amides is 1. The number of nitrogens with zero attached hydrogens (tertiary/aromatic N) is 2. The van der Waals surface area contributed by atoms with Gasteiger partial charge in [-0.15, -0.1) is 35.3 Å². The third-order valence-electron chi connectivity index (χ3n) is 4.81. The van der Waals surface area contributed by atoms with Crippen LogP contribution >= 0.6 is 35.3 Å². The molecule has 2 heterocycles. The second kappa shape index (κ2) is 12.8. The number of hydrogen-bond donors (Lipinski definition) is 2. The van der Waals surface area contributed by atoms with Crippen LogP contribution in [0.4, 0.5) is 4.39 Å². The highest BCUT2D eigenvalue weighted by Crippen LogP contribution is 2.24. The third kappa shape index (κ3) is 7.64. The highest BCUT2D eigenvalue weighted by atomic mass is 127. The number of para-hydroxylation sites is 1. The number of hydrogen-bond acceptors (Lipinski definition) is 4. The molecular formula is C22H30FIN4O2S. The predicted octanol–water partition coefficient (Wildman–Crippen LogP) is 3.80. The topological polar surface area (TPSA) is 66.0 Å². The first kappa shape index (κ1) is 25.4. The van der Waals surface area contributed by atoms with E-state index in [4.69, 9.17) is 4.74 Å². The molecule has 1 unspecified atom stereocenters. The van der Waals surface area contributed by atoms with Crippen molar-refractivity contribution >= 4 is 47.2 Å². The summed E-state index contributed by atoms with van der Waals surface area (Å²) in [5.41, 5.74) is 1.27. The number of carbonyl (C=O) groups excluding carboxylic acids is 1. The second-order valence-electron chi connectivity index (χ2n) is 7.19. The molecule has 6 nitrogen and oxygen atoms in total. The molecule has 0 fully saturated rings. The van der Waals surface area contributed by atoms with Gasteiger partial charge >= 0.3 is 0 Å². The first-order chi connectivity index (χ1) is 14.6. The Kier molecular flexibility index (Phi) is 10.5. The molecule has 1 aliphatic rings. The smallest absolute Gasteiger partial charge is 0.224 e. The maximum Gasteiger partial charge on any atom is 0.224 e. The number of ether oxygens (including phenoxy) is 1. The van der Waals surface area contributed by atoms with Crippen LogP contribution in [0.3, 0.4) is 0 Å². The molecule has 0 radical (unpaired) electrons.